The minimum Gasteiger partial charge on any atom is -0.397 e. The number of halogens is 6. The van der Waals surface area contributed by atoms with E-state index in [-0.39, 0.29) is 18.1 Å². The van der Waals surface area contributed by atoms with Crippen molar-refractivity contribution in [1.82, 2.24) is 4.98 Å². The molecule has 1 aromatic heterocycles. The van der Waals surface area contributed by atoms with Crippen molar-refractivity contribution in [1.29, 1.82) is 0 Å². The van der Waals surface area contributed by atoms with Crippen LogP contribution in [0, 0.1) is 0 Å². The van der Waals surface area contributed by atoms with Gasteiger partial charge in [0.05, 0.1) is 11.9 Å². The summed E-state index contributed by atoms with van der Waals surface area (Å²) in [6.45, 7) is 0. The molecule has 1 rings (SSSR count). The van der Waals surface area contributed by atoms with Crippen molar-refractivity contribution in [2.24, 2.45) is 0 Å². The Kier molecular flexibility index (Phi) is 3.87. The number of nitrogen functional groups attached to an aromatic ring is 1. The molecular weight excluding hydrogens is 243 g/mol. The summed E-state index contributed by atoms with van der Waals surface area (Å²) in [5.41, 5.74) is 3.75. The van der Waals surface area contributed by atoms with Crippen molar-refractivity contribution >= 4 is 18.1 Å². The van der Waals surface area contributed by atoms with E-state index in [1.54, 1.807) is 0 Å². The zero-order valence-corrected chi connectivity index (χ0v) is 7.87. The fraction of sp³-hybridized carbons (Fsp3) is 0.286. The van der Waals surface area contributed by atoms with Gasteiger partial charge in [-0.2, -0.15) is 22.0 Å². The lowest BCUT2D eigenvalue weighted by Gasteiger charge is -2.18. The van der Waals surface area contributed by atoms with Gasteiger partial charge in [-0.15, -0.1) is 12.4 Å². The number of alkyl halides is 5. The van der Waals surface area contributed by atoms with Crippen LogP contribution in [0.25, 0.3) is 0 Å². The van der Waals surface area contributed by atoms with E-state index in [1.165, 1.54) is 0 Å². The predicted octanol–water partition coefficient (Wildman–Crippen LogP) is 2.74. The first-order valence-electron chi connectivity index (χ1n) is 3.41. The van der Waals surface area contributed by atoms with Crippen molar-refractivity contribution < 1.29 is 22.0 Å². The van der Waals surface area contributed by atoms with Gasteiger partial charge in [-0.05, 0) is 12.1 Å². The van der Waals surface area contributed by atoms with Crippen LogP contribution >= 0.6 is 12.4 Å². The number of hydrogen-bond acceptors (Lipinski definition) is 2. The van der Waals surface area contributed by atoms with Gasteiger partial charge < -0.3 is 5.73 Å². The van der Waals surface area contributed by atoms with Gasteiger partial charge in [-0.3, -0.25) is 4.98 Å². The van der Waals surface area contributed by atoms with E-state index >= 15 is 0 Å². The minimum absolute atomic E-state index is 0. The monoisotopic (exact) mass is 248 g/mol. The van der Waals surface area contributed by atoms with Crippen LogP contribution in [0.4, 0.5) is 27.6 Å². The van der Waals surface area contributed by atoms with E-state index in [0.29, 0.717) is 6.07 Å². The third kappa shape index (κ3) is 2.68. The number of nitrogens with zero attached hydrogens (tertiary/aromatic N) is 1. The van der Waals surface area contributed by atoms with Crippen LogP contribution < -0.4 is 5.73 Å². The standard InChI is InChI=1S/C7H5F5N2.ClH/c8-6(9,7(10,11)12)5-2-1-4(13)3-14-5;/h1-3H,13H2;1H. The molecule has 2 N–H and O–H groups in total. The Morgan fingerprint density at radius 3 is 1.93 bits per heavy atom. The number of aromatic nitrogens is 1. The molecule has 0 aliphatic heterocycles. The molecule has 1 aromatic rings. The van der Waals surface area contributed by atoms with Crippen LogP contribution in [0.2, 0.25) is 0 Å². The highest BCUT2D eigenvalue weighted by molar-refractivity contribution is 5.85. The molecular formula is C7H6ClF5N2. The van der Waals surface area contributed by atoms with Crippen LogP contribution in [0.15, 0.2) is 18.3 Å². The number of nitrogens with two attached hydrogens (primary N) is 1. The van der Waals surface area contributed by atoms with E-state index in [4.69, 9.17) is 5.73 Å². The molecule has 1 heterocycles. The lowest BCUT2D eigenvalue weighted by molar-refractivity contribution is -0.290. The first-order valence-corrected chi connectivity index (χ1v) is 3.41. The van der Waals surface area contributed by atoms with Crippen LogP contribution in [0.1, 0.15) is 5.69 Å². The molecule has 0 saturated carbocycles. The molecule has 0 aromatic carbocycles. The maximum absolute atomic E-state index is 12.6. The molecule has 0 radical (unpaired) electrons. The van der Waals surface area contributed by atoms with Crippen molar-refractivity contribution in [2.45, 2.75) is 12.1 Å². The quantitative estimate of drug-likeness (QED) is 0.776. The predicted molar refractivity (Wildman–Crippen MR) is 45.8 cm³/mol. The molecule has 15 heavy (non-hydrogen) atoms. The third-order valence-electron chi connectivity index (χ3n) is 1.46. The van der Waals surface area contributed by atoms with Gasteiger partial charge in [0, 0.05) is 0 Å². The zero-order chi connectivity index (χ0) is 11.0. The molecule has 0 saturated heterocycles. The van der Waals surface area contributed by atoms with Crippen LogP contribution in [0.3, 0.4) is 0 Å². The molecule has 8 heteroatoms. The Balaban J connectivity index is 0.00000196. The second kappa shape index (κ2) is 4.18. The van der Waals surface area contributed by atoms with E-state index in [0.717, 1.165) is 12.3 Å². The Labute approximate surface area is 87.7 Å². The summed E-state index contributed by atoms with van der Waals surface area (Å²) in [7, 11) is 0. The molecule has 86 valence electrons. The molecule has 0 amide bonds. The molecule has 0 atom stereocenters. The third-order valence-corrected chi connectivity index (χ3v) is 1.46. The smallest absolute Gasteiger partial charge is 0.397 e. The van der Waals surface area contributed by atoms with Gasteiger partial charge in [0.15, 0.2) is 0 Å². The van der Waals surface area contributed by atoms with Gasteiger partial charge in [0.1, 0.15) is 5.69 Å². The summed E-state index contributed by atoms with van der Waals surface area (Å²) in [5, 5.41) is 0. The Hall–Kier alpha value is -1.11. The van der Waals surface area contributed by atoms with Crippen molar-refractivity contribution in [3.05, 3.63) is 24.0 Å². The molecule has 2 nitrogen and oxygen atoms in total. The van der Waals surface area contributed by atoms with Crippen LogP contribution in [0.5, 0.6) is 0 Å². The topological polar surface area (TPSA) is 38.9 Å². The van der Waals surface area contributed by atoms with E-state index < -0.39 is 17.8 Å². The molecule has 0 bridgehead atoms. The van der Waals surface area contributed by atoms with E-state index in [1.807, 2.05) is 0 Å². The summed E-state index contributed by atoms with van der Waals surface area (Å²) >= 11 is 0. The molecule has 0 unspecified atom stereocenters. The van der Waals surface area contributed by atoms with E-state index in [2.05, 4.69) is 4.98 Å². The summed E-state index contributed by atoms with van der Waals surface area (Å²) in [4.78, 5) is 2.92. The summed E-state index contributed by atoms with van der Waals surface area (Å²) < 4.78 is 60.5. The minimum atomic E-state index is -5.64. The van der Waals surface area contributed by atoms with Crippen molar-refractivity contribution in [3.8, 4) is 0 Å². The Morgan fingerprint density at radius 2 is 1.60 bits per heavy atom. The van der Waals surface area contributed by atoms with Gasteiger partial charge in [-0.1, -0.05) is 0 Å². The number of hydrogen-bond donors (Lipinski definition) is 1. The first kappa shape index (κ1) is 13.9. The van der Waals surface area contributed by atoms with Crippen molar-refractivity contribution in [3.63, 3.8) is 0 Å². The number of anilines is 1. The van der Waals surface area contributed by atoms with Crippen LogP contribution in [-0.4, -0.2) is 11.2 Å². The Bertz CT molecular complexity index is 321. The lowest BCUT2D eigenvalue weighted by atomic mass is 10.2. The van der Waals surface area contributed by atoms with Gasteiger partial charge >= 0.3 is 12.1 Å². The number of rotatable bonds is 1. The highest BCUT2D eigenvalue weighted by atomic mass is 35.5. The number of pyridine rings is 1. The highest BCUT2D eigenvalue weighted by Gasteiger charge is 2.59. The SMILES string of the molecule is Cl.Nc1ccc(C(F)(F)C(F)(F)F)nc1. The summed E-state index contributed by atoms with van der Waals surface area (Å²) in [6, 6.07) is 1.48. The van der Waals surface area contributed by atoms with Gasteiger partial charge in [0.25, 0.3) is 0 Å². The first-order chi connectivity index (χ1) is 6.25. The maximum atomic E-state index is 12.6. The maximum Gasteiger partial charge on any atom is 0.459 e. The molecule has 0 aliphatic rings. The van der Waals surface area contributed by atoms with Gasteiger partial charge in [-0.25, -0.2) is 0 Å². The highest BCUT2D eigenvalue weighted by Crippen LogP contribution is 2.42. The Morgan fingerprint density at radius 1 is 1.07 bits per heavy atom. The average Bonchev–Trinajstić information content (AvgIpc) is 2.03. The summed E-state index contributed by atoms with van der Waals surface area (Å²) in [5.74, 6) is -4.94. The normalized spacial score (nSPS) is 12.1. The molecule has 0 aliphatic carbocycles. The largest absolute Gasteiger partial charge is 0.459 e. The van der Waals surface area contributed by atoms with Gasteiger partial charge in [0.2, 0.25) is 0 Å². The zero-order valence-electron chi connectivity index (χ0n) is 7.05. The molecule has 0 fully saturated rings. The average molecular weight is 249 g/mol. The summed E-state index contributed by atoms with van der Waals surface area (Å²) in [6.07, 6.45) is -4.90. The lowest BCUT2D eigenvalue weighted by Crippen LogP contribution is -2.34. The van der Waals surface area contributed by atoms with Crippen molar-refractivity contribution in [2.75, 3.05) is 5.73 Å². The fourth-order valence-corrected chi connectivity index (χ4v) is 0.736. The van der Waals surface area contributed by atoms with E-state index in [9.17, 15) is 22.0 Å². The molecule has 0 spiro atoms. The second-order valence-electron chi connectivity index (χ2n) is 2.55. The van der Waals surface area contributed by atoms with Crippen LogP contribution in [-0.2, 0) is 5.92 Å². The fourth-order valence-electron chi connectivity index (χ4n) is 0.736. The second-order valence-corrected chi connectivity index (χ2v) is 2.55.